The molecule has 25 heavy (non-hydrogen) atoms. The van der Waals surface area contributed by atoms with E-state index in [1.54, 1.807) is 17.2 Å². The number of hydrogen-bond donors (Lipinski definition) is 2. The van der Waals surface area contributed by atoms with Crippen LogP contribution in [0.15, 0.2) is 12.3 Å². The number of carbonyl (C=O) groups excluding carboxylic acids is 2. The summed E-state index contributed by atoms with van der Waals surface area (Å²) in [5, 5.41) is 14.9. The van der Waals surface area contributed by atoms with Crippen LogP contribution in [-0.2, 0) is 10.3 Å². The monoisotopic (exact) mass is 345 g/mol. The molecule has 2 heterocycles. The average molecular weight is 345 g/mol. The van der Waals surface area contributed by atoms with Crippen LogP contribution >= 0.6 is 0 Å². The van der Waals surface area contributed by atoms with Crippen LogP contribution < -0.4 is 10.6 Å². The van der Waals surface area contributed by atoms with Crippen molar-refractivity contribution in [2.75, 3.05) is 25.0 Å². The highest BCUT2D eigenvalue weighted by molar-refractivity contribution is 5.89. The minimum absolute atomic E-state index is 0.0172. The molecular formula is C18H27N5O2. The molecule has 2 rings (SSSR count). The van der Waals surface area contributed by atoms with Gasteiger partial charge in [-0.15, -0.1) is 0 Å². The maximum atomic E-state index is 12.6. The normalized spacial score (nSPS) is 15.6. The summed E-state index contributed by atoms with van der Waals surface area (Å²) in [6.07, 6.45) is 3.50. The highest BCUT2D eigenvalue weighted by atomic mass is 16.2. The fraction of sp³-hybridized carbons (Fsp3) is 0.611. The van der Waals surface area contributed by atoms with E-state index in [0.717, 1.165) is 12.8 Å². The molecule has 7 heteroatoms. The van der Waals surface area contributed by atoms with E-state index in [9.17, 15) is 9.59 Å². The summed E-state index contributed by atoms with van der Waals surface area (Å²) in [6, 6.07) is 3.68. The first kappa shape index (κ1) is 18.8. The van der Waals surface area contributed by atoms with Gasteiger partial charge in [-0.3, -0.25) is 10.1 Å². The lowest BCUT2D eigenvalue weighted by Gasteiger charge is -2.32. The number of nitriles is 1. The van der Waals surface area contributed by atoms with Crippen molar-refractivity contribution >= 4 is 17.8 Å². The molecule has 0 saturated carbocycles. The van der Waals surface area contributed by atoms with Gasteiger partial charge in [0.15, 0.2) is 0 Å². The zero-order chi connectivity index (χ0) is 18.6. The van der Waals surface area contributed by atoms with Crippen molar-refractivity contribution in [1.82, 2.24) is 14.8 Å². The lowest BCUT2D eigenvalue weighted by molar-refractivity contribution is -0.119. The van der Waals surface area contributed by atoms with Gasteiger partial charge >= 0.3 is 6.03 Å². The molecular weight excluding hydrogens is 318 g/mol. The molecule has 0 unspecified atom stereocenters. The molecule has 0 spiro atoms. The van der Waals surface area contributed by atoms with Crippen molar-refractivity contribution in [2.45, 2.75) is 46.1 Å². The van der Waals surface area contributed by atoms with Crippen molar-refractivity contribution in [3.63, 3.8) is 0 Å². The Morgan fingerprint density at radius 1 is 1.32 bits per heavy atom. The van der Waals surface area contributed by atoms with Crippen molar-refractivity contribution in [2.24, 2.45) is 5.92 Å². The molecule has 3 amide bonds. The Morgan fingerprint density at radius 2 is 1.96 bits per heavy atom. The van der Waals surface area contributed by atoms with Crippen LogP contribution in [0.1, 0.15) is 46.1 Å². The molecule has 0 bridgehead atoms. The number of anilines is 1. The fourth-order valence-corrected chi connectivity index (χ4v) is 2.99. The summed E-state index contributed by atoms with van der Waals surface area (Å²) in [4.78, 5) is 25.3. The first-order valence-electron chi connectivity index (χ1n) is 8.64. The van der Waals surface area contributed by atoms with Crippen LogP contribution in [0.2, 0.25) is 0 Å². The Morgan fingerprint density at radius 3 is 2.48 bits per heavy atom. The largest absolute Gasteiger partial charge is 0.356 e. The second kappa shape index (κ2) is 7.60. The van der Waals surface area contributed by atoms with Crippen molar-refractivity contribution in [3.05, 3.63) is 17.8 Å². The van der Waals surface area contributed by atoms with Crippen LogP contribution in [0.5, 0.6) is 0 Å². The number of nitrogens with zero attached hydrogens (tertiary/aromatic N) is 3. The standard InChI is InChI=1S/C18H27N5O2/c1-13(24)20-11-14-5-7-22(8-6-14)17(25)21-16-9-15(10-19)12-23(16)18(2,3)4/h9,12,14H,5-8,11H2,1-4H3,(H,20,24)(H,21,25). The number of nitrogens with one attached hydrogen (secondary N) is 2. The first-order valence-corrected chi connectivity index (χ1v) is 8.64. The van der Waals surface area contributed by atoms with Gasteiger partial charge in [0.05, 0.1) is 5.56 Å². The average Bonchev–Trinajstić information content (AvgIpc) is 2.96. The van der Waals surface area contributed by atoms with E-state index in [4.69, 9.17) is 5.26 Å². The van der Waals surface area contributed by atoms with Gasteiger partial charge in [0.25, 0.3) is 0 Å². The lowest BCUT2D eigenvalue weighted by atomic mass is 9.97. The summed E-state index contributed by atoms with van der Waals surface area (Å²) in [7, 11) is 0. The molecule has 0 aliphatic carbocycles. The zero-order valence-corrected chi connectivity index (χ0v) is 15.4. The number of likely N-dealkylation sites (tertiary alicyclic amines) is 1. The van der Waals surface area contributed by atoms with Gasteiger partial charge in [-0.05, 0) is 45.6 Å². The lowest BCUT2D eigenvalue weighted by Crippen LogP contribution is -2.43. The van der Waals surface area contributed by atoms with Gasteiger partial charge in [-0.25, -0.2) is 4.79 Å². The predicted molar refractivity (Wildman–Crippen MR) is 96.1 cm³/mol. The second-order valence-electron chi connectivity index (χ2n) is 7.56. The molecule has 1 aromatic heterocycles. The van der Waals surface area contributed by atoms with Gasteiger partial charge in [0.1, 0.15) is 11.9 Å². The summed E-state index contributed by atoms with van der Waals surface area (Å²) >= 11 is 0. The third kappa shape index (κ3) is 4.99. The van der Waals surface area contributed by atoms with E-state index in [2.05, 4.69) is 16.7 Å². The van der Waals surface area contributed by atoms with E-state index in [1.807, 2.05) is 25.3 Å². The molecule has 2 N–H and O–H groups in total. The molecule has 0 aromatic carbocycles. The number of aromatic nitrogens is 1. The Kier molecular flexibility index (Phi) is 5.73. The maximum absolute atomic E-state index is 12.6. The Labute approximate surface area is 149 Å². The maximum Gasteiger partial charge on any atom is 0.322 e. The molecule has 1 aromatic rings. The summed E-state index contributed by atoms with van der Waals surface area (Å²) in [5.74, 6) is 1.03. The summed E-state index contributed by atoms with van der Waals surface area (Å²) in [6.45, 7) is 9.59. The minimum atomic E-state index is -0.233. The van der Waals surface area contributed by atoms with E-state index in [1.165, 1.54) is 6.92 Å². The summed E-state index contributed by atoms with van der Waals surface area (Å²) < 4.78 is 1.91. The molecule has 1 aliphatic rings. The van der Waals surface area contributed by atoms with Crippen LogP contribution in [0.4, 0.5) is 10.6 Å². The van der Waals surface area contributed by atoms with Gasteiger partial charge in [-0.2, -0.15) is 5.26 Å². The minimum Gasteiger partial charge on any atom is -0.356 e. The van der Waals surface area contributed by atoms with Gasteiger partial charge in [-0.1, -0.05) is 0 Å². The van der Waals surface area contributed by atoms with Crippen LogP contribution in [0.25, 0.3) is 0 Å². The quantitative estimate of drug-likeness (QED) is 0.882. The van der Waals surface area contributed by atoms with Gasteiger partial charge < -0.3 is 14.8 Å². The highest BCUT2D eigenvalue weighted by Gasteiger charge is 2.25. The number of hydrogen-bond acceptors (Lipinski definition) is 3. The zero-order valence-electron chi connectivity index (χ0n) is 15.4. The molecule has 0 radical (unpaired) electrons. The molecule has 136 valence electrons. The van der Waals surface area contributed by atoms with Gasteiger partial charge in [0, 0.05) is 38.3 Å². The van der Waals surface area contributed by atoms with Crippen molar-refractivity contribution < 1.29 is 9.59 Å². The topological polar surface area (TPSA) is 90.2 Å². The van der Waals surface area contributed by atoms with E-state index >= 15 is 0 Å². The number of amides is 3. The smallest absolute Gasteiger partial charge is 0.322 e. The number of urea groups is 1. The van der Waals surface area contributed by atoms with Crippen molar-refractivity contribution in [3.8, 4) is 6.07 Å². The number of carbonyl (C=O) groups is 2. The van der Waals surface area contributed by atoms with Crippen LogP contribution in [-0.4, -0.2) is 41.0 Å². The van der Waals surface area contributed by atoms with Crippen LogP contribution in [0, 0.1) is 17.2 Å². The van der Waals surface area contributed by atoms with Gasteiger partial charge in [0.2, 0.25) is 5.91 Å². The Balaban J connectivity index is 1.96. The first-order chi connectivity index (χ1) is 11.7. The predicted octanol–water partition coefficient (Wildman–Crippen LogP) is 2.49. The molecule has 1 saturated heterocycles. The SMILES string of the molecule is CC(=O)NCC1CCN(C(=O)Nc2cc(C#N)cn2C(C)(C)C)CC1. The molecule has 0 atom stereocenters. The summed E-state index contributed by atoms with van der Waals surface area (Å²) in [5.41, 5.74) is 0.294. The fourth-order valence-electron chi connectivity index (χ4n) is 2.99. The molecule has 7 nitrogen and oxygen atoms in total. The molecule has 1 aliphatic heterocycles. The highest BCUT2D eigenvalue weighted by Crippen LogP contribution is 2.25. The van der Waals surface area contributed by atoms with Crippen LogP contribution in [0.3, 0.4) is 0 Å². The van der Waals surface area contributed by atoms with Crippen molar-refractivity contribution in [1.29, 1.82) is 5.26 Å². The third-order valence-electron chi connectivity index (χ3n) is 4.45. The Hall–Kier alpha value is -2.49. The number of piperidine rings is 1. The van der Waals surface area contributed by atoms with E-state index in [0.29, 0.717) is 36.9 Å². The third-order valence-corrected chi connectivity index (χ3v) is 4.45. The number of rotatable bonds is 3. The Bertz CT molecular complexity index is 673. The van der Waals surface area contributed by atoms with E-state index in [-0.39, 0.29) is 17.5 Å². The second-order valence-corrected chi connectivity index (χ2v) is 7.56. The molecule has 1 fully saturated rings. The van der Waals surface area contributed by atoms with E-state index < -0.39 is 0 Å².